The number of aromatic nitrogens is 3. The molecule has 0 aliphatic carbocycles. The predicted molar refractivity (Wildman–Crippen MR) is 311 cm³/mol. The van der Waals surface area contributed by atoms with Crippen molar-refractivity contribution in [3.63, 3.8) is 0 Å². The molecule has 22 heteroatoms. The van der Waals surface area contributed by atoms with Gasteiger partial charge in [0.15, 0.2) is 11.6 Å². The lowest BCUT2D eigenvalue weighted by Crippen LogP contribution is -2.59. The molecule has 0 spiro atoms. The summed E-state index contributed by atoms with van der Waals surface area (Å²) < 4.78 is 42.1. The van der Waals surface area contributed by atoms with Crippen LogP contribution in [0.5, 0.6) is 11.5 Å². The highest BCUT2D eigenvalue weighted by Gasteiger charge is 2.50. The number of benzene rings is 4. The summed E-state index contributed by atoms with van der Waals surface area (Å²) in [4.78, 5) is 83.3. The van der Waals surface area contributed by atoms with Gasteiger partial charge in [0.2, 0.25) is 33.6 Å². The molecule has 446 valence electrons. The Bertz CT molecular complexity index is 3180. The second-order valence-electron chi connectivity index (χ2n) is 22.8. The number of epoxide rings is 1. The van der Waals surface area contributed by atoms with Crippen LogP contribution < -0.4 is 26.6 Å². The standard InChI is InChI=1S/C61H79N9O12S/c1-9-62-59(77)55-68-67-54(46-33-45(39(6)7)51(71)34-52(46)72)70(55)43-21-23-44(24-22-43)83(79,80)69-28-26-42(27-29-69)35-81-60(78)66-47(25-20-40-16-12-10-13-17-40)56(74)64-49(31-38(4)5)57(75)65-50(32-41-18-14-11-15-19-41)58(76)63-48(30-37(2)3)53(73)61(8)36-82-61/h10-19,21-24,33-34,37-39,42,47-50,71-72H,9,20,25-32,35-36H2,1-8H3,(H,62,77)(H,63,76)(H,64,74)(H,65,75)(H,66,78). The zero-order valence-corrected chi connectivity index (χ0v) is 49.3. The molecule has 1 aromatic heterocycles. The molecule has 5 amide bonds. The molecule has 2 saturated heterocycles. The van der Waals surface area contributed by atoms with Crippen LogP contribution in [-0.2, 0) is 51.5 Å². The van der Waals surface area contributed by atoms with Crippen molar-refractivity contribution >= 4 is 45.5 Å². The van der Waals surface area contributed by atoms with Crippen LogP contribution in [0.15, 0.2) is 102 Å². The van der Waals surface area contributed by atoms with Gasteiger partial charge in [-0.15, -0.1) is 10.2 Å². The average Bonchev–Trinajstić information content (AvgIpc) is 3.26. The van der Waals surface area contributed by atoms with Crippen molar-refractivity contribution in [3.8, 4) is 28.6 Å². The Labute approximate surface area is 485 Å². The molecule has 83 heavy (non-hydrogen) atoms. The number of phenolic OH excluding ortho intramolecular Hbond substituents is 2. The van der Waals surface area contributed by atoms with Crippen molar-refractivity contribution in [1.82, 2.24) is 45.7 Å². The number of hydrogen-bond donors (Lipinski definition) is 7. The number of aromatic hydroxyl groups is 2. The third kappa shape index (κ3) is 16.5. The Morgan fingerprint density at radius 1 is 0.723 bits per heavy atom. The number of alkyl carbamates (subject to hydrolysis) is 1. The van der Waals surface area contributed by atoms with E-state index in [9.17, 15) is 47.4 Å². The summed E-state index contributed by atoms with van der Waals surface area (Å²) in [5.74, 6) is -3.42. The smallest absolute Gasteiger partial charge is 0.407 e. The summed E-state index contributed by atoms with van der Waals surface area (Å²) in [5.41, 5.74) is 1.74. The number of ketones is 1. The van der Waals surface area contributed by atoms with Crippen LogP contribution in [0.1, 0.15) is 121 Å². The van der Waals surface area contributed by atoms with Crippen molar-refractivity contribution in [1.29, 1.82) is 0 Å². The first kappa shape index (κ1) is 62.9. The van der Waals surface area contributed by atoms with Crippen LogP contribution in [0.3, 0.4) is 0 Å². The zero-order valence-electron chi connectivity index (χ0n) is 48.5. The fraction of sp³-hybridized carbons (Fsp3) is 0.475. The van der Waals surface area contributed by atoms with E-state index in [1.165, 1.54) is 39.2 Å². The van der Waals surface area contributed by atoms with E-state index in [2.05, 4.69) is 36.8 Å². The molecule has 5 unspecified atom stereocenters. The lowest BCUT2D eigenvalue weighted by atomic mass is 9.93. The molecule has 5 atom stereocenters. The predicted octanol–water partition coefficient (Wildman–Crippen LogP) is 6.49. The molecular weight excluding hydrogens is 1080 g/mol. The number of piperidine rings is 1. The molecule has 0 radical (unpaired) electrons. The number of Topliss-reactive ketones (excluding diaryl/α,β-unsaturated/α-hetero) is 1. The summed E-state index contributed by atoms with van der Waals surface area (Å²) in [7, 11) is -4.03. The molecular formula is C61H79N9O12S. The highest BCUT2D eigenvalue weighted by molar-refractivity contribution is 7.89. The third-order valence-electron chi connectivity index (χ3n) is 14.8. The number of rotatable bonds is 27. The van der Waals surface area contributed by atoms with Gasteiger partial charge in [0.1, 0.15) is 35.2 Å². The second kappa shape index (κ2) is 28.1. The Morgan fingerprint density at radius 3 is 1.88 bits per heavy atom. The van der Waals surface area contributed by atoms with E-state index in [0.29, 0.717) is 36.9 Å². The van der Waals surface area contributed by atoms with Crippen LogP contribution >= 0.6 is 0 Å². The first-order valence-corrected chi connectivity index (χ1v) is 29.9. The first-order chi connectivity index (χ1) is 39.5. The molecule has 2 aliphatic rings. The Balaban J connectivity index is 0.998. The van der Waals surface area contributed by atoms with Crippen molar-refractivity contribution < 1.29 is 56.9 Å². The minimum absolute atomic E-state index is 0.0120. The first-order valence-electron chi connectivity index (χ1n) is 28.5. The molecule has 0 bridgehead atoms. The van der Waals surface area contributed by atoms with Gasteiger partial charge in [-0.05, 0) is 123 Å². The second-order valence-corrected chi connectivity index (χ2v) is 24.7. The van der Waals surface area contributed by atoms with Gasteiger partial charge in [-0.1, -0.05) is 102 Å². The van der Waals surface area contributed by atoms with E-state index in [1.54, 1.807) is 19.9 Å². The molecule has 0 saturated carbocycles. The summed E-state index contributed by atoms with van der Waals surface area (Å²) in [6, 6.07) is 22.9. The fourth-order valence-electron chi connectivity index (χ4n) is 10.1. The highest BCUT2D eigenvalue weighted by atomic mass is 32.2. The maximum absolute atomic E-state index is 14.4. The highest BCUT2D eigenvalue weighted by Crippen LogP contribution is 2.39. The SMILES string of the molecule is CCNC(=O)c1nnc(-c2cc(C(C)C)c(O)cc2O)n1-c1ccc(S(=O)(=O)N2CCC(COC(=O)NC(CCc3ccccc3)C(=O)NC(CC(C)C)C(=O)NC(Cc3ccccc3)C(=O)NC(CC(C)C)C(=O)C3(C)CO3)CC2)cc1. The molecule has 4 aromatic carbocycles. The third-order valence-corrected chi connectivity index (χ3v) is 16.7. The lowest BCUT2D eigenvalue weighted by Gasteiger charge is -2.31. The number of carbonyl (C=O) groups is 6. The van der Waals surface area contributed by atoms with Gasteiger partial charge in [0, 0.05) is 37.8 Å². The molecule has 2 aliphatic heterocycles. The van der Waals surface area contributed by atoms with Crippen LogP contribution in [0.4, 0.5) is 4.79 Å². The number of amides is 5. The number of carbonyl (C=O) groups excluding carboxylic acids is 6. The molecule has 21 nitrogen and oxygen atoms in total. The molecule has 7 N–H and O–H groups in total. The van der Waals surface area contributed by atoms with Gasteiger partial charge >= 0.3 is 6.09 Å². The topological polar surface area (TPSA) is 293 Å². The van der Waals surface area contributed by atoms with Crippen LogP contribution in [-0.4, -0.2) is 136 Å². The van der Waals surface area contributed by atoms with E-state index in [0.717, 1.165) is 11.1 Å². The summed E-state index contributed by atoms with van der Waals surface area (Å²) in [6.45, 7) is 15.6. The Hall–Kier alpha value is -7.69. The van der Waals surface area contributed by atoms with Gasteiger partial charge in [0.25, 0.3) is 5.91 Å². The van der Waals surface area contributed by atoms with Crippen molar-refractivity contribution in [2.24, 2.45) is 17.8 Å². The van der Waals surface area contributed by atoms with E-state index in [1.807, 2.05) is 102 Å². The van der Waals surface area contributed by atoms with Gasteiger partial charge in [0.05, 0.1) is 29.7 Å². The molecule has 5 aromatic rings. The number of sulfonamides is 1. The van der Waals surface area contributed by atoms with Crippen LogP contribution in [0.25, 0.3) is 17.1 Å². The largest absolute Gasteiger partial charge is 0.508 e. The monoisotopic (exact) mass is 1160 g/mol. The molecule has 2 fully saturated rings. The summed E-state index contributed by atoms with van der Waals surface area (Å²) in [5, 5.41) is 43.9. The van der Waals surface area contributed by atoms with Crippen LogP contribution in [0, 0.1) is 17.8 Å². The van der Waals surface area contributed by atoms with E-state index >= 15 is 0 Å². The number of nitrogens with zero attached hydrogens (tertiary/aromatic N) is 4. The average molecular weight is 1160 g/mol. The fourth-order valence-corrected chi connectivity index (χ4v) is 11.5. The number of nitrogens with one attached hydrogen (secondary N) is 5. The van der Waals surface area contributed by atoms with E-state index in [4.69, 9.17) is 9.47 Å². The van der Waals surface area contributed by atoms with E-state index < -0.39 is 69.5 Å². The Kier molecular flexibility index (Phi) is 21.3. The van der Waals surface area contributed by atoms with Crippen molar-refractivity contribution in [2.75, 3.05) is 32.8 Å². The summed E-state index contributed by atoms with van der Waals surface area (Å²) in [6.07, 6.45) is 1.01. The number of aryl methyl sites for hydroxylation is 1. The number of phenols is 2. The van der Waals surface area contributed by atoms with E-state index in [-0.39, 0.29) is 115 Å². The maximum atomic E-state index is 14.4. The van der Waals surface area contributed by atoms with Gasteiger partial charge in [-0.2, -0.15) is 4.31 Å². The maximum Gasteiger partial charge on any atom is 0.407 e. The zero-order chi connectivity index (χ0) is 60.2. The van der Waals surface area contributed by atoms with Gasteiger partial charge < -0.3 is 46.3 Å². The van der Waals surface area contributed by atoms with Crippen LogP contribution in [0.2, 0.25) is 0 Å². The lowest BCUT2D eigenvalue weighted by molar-refractivity contribution is -0.134. The van der Waals surface area contributed by atoms with Gasteiger partial charge in [-0.25, -0.2) is 13.2 Å². The number of hydrogen-bond acceptors (Lipinski definition) is 14. The van der Waals surface area contributed by atoms with Crippen molar-refractivity contribution in [3.05, 3.63) is 120 Å². The minimum Gasteiger partial charge on any atom is -0.508 e. The van der Waals surface area contributed by atoms with Crippen molar-refractivity contribution in [2.45, 2.75) is 141 Å². The minimum atomic E-state index is -4.03. The quantitative estimate of drug-likeness (QED) is 0.0277. The van der Waals surface area contributed by atoms with Gasteiger partial charge in [-0.3, -0.25) is 28.5 Å². The summed E-state index contributed by atoms with van der Waals surface area (Å²) >= 11 is 0. The molecule has 3 heterocycles. The number of ether oxygens (including phenoxy) is 2. The Morgan fingerprint density at radius 2 is 1.29 bits per heavy atom. The molecule has 7 rings (SSSR count). The normalized spacial score (nSPS) is 17.0.